The van der Waals surface area contributed by atoms with Crippen molar-refractivity contribution in [3.8, 4) is 11.5 Å². The lowest BCUT2D eigenvalue weighted by Gasteiger charge is -2.11. The molecule has 2 aromatic carbocycles. The van der Waals surface area contributed by atoms with Gasteiger partial charge in [0.15, 0.2) is 0 Å². The van der Waals surface area contributed by atoms with E-state index in [0.717, 1.165) is 5.56 Å². The maximum absolute atomic E-state index is 12.0. The van der Waals surface area contributed by atoms with Crippen molar-refractivity contribution in [2.24, 2.45) is 0 Å². The number of halogens is 1. The van der Waals surface area contributed by atoms with Crippen molar-refractivity contribution in [1.82, 2.24) is 10.6 Å². The Morgan fingerprint density at radius 1 is 1.04 bits per heavy atom. The Labute approximate surface area is 151 Å². The molecule has 0 aliphatic rings. The van der Waals surface area contributed by atoms with Crippen LogP contribution in [-0.4, -0.2) is 32.6 Å². The first kappa shape index (κ1) is 18.6. The van der Waals surface area contributed by atoms with Crippen LogP contribution in [0.1, 0.15) is 15.9 Å². The molecule has 0 aliphatic heterocycles. The number of ether oxygens (including phenoxy) is 2. The molecular formula is C18H19ClN2O4. The fourth-order valence-corrected chi connectivity index (χ4v) is 2.34. The van der Waals surface area contributed by atoms with Crippen molar-refractivity contribution in [3.05, 3.63) is 58.6 Å². The zero-order chi connectivity index (χ0) is 18.2. The summed E-state index contributed by atoms with van der Waals surface area (Å²) in [6.45, 7) is 0.142. The highest BCUT2D eigenvalue weighted by Gasteiger charge is 2.10. The van der Waals surface area contributed by atoms with E-state index in [4.69, 9.17) is 21.1 Å². The molecule has 6 nitrogen and oxygen atoms in total. The van der Waals surface area contributed by atoms with Crippen LogP contribution < -0.4 is 20.1 Å². The third-order valence-electron chi connectivity index (χ3n) is 3.47. The van der Waals surface area contributed by atoms with Crippen LogP contribution in [0, 0.1) is 0 Å². The number of rotatable bonds is 7. The molecular weight excluding hydrogens is 344 g/mol. The molecule has 0 atom stereocenters. The first-order valence-corrected chi connectivity index (χ1v) is 7.92. The molecule has 2 N–H and O–H groups in total. The Balaban J connectivity index is 1.86. The molecule has 0 unspecified atom stereocenters. The third kappa shape index (κ3) is 5.39. The minimum atomic E-state index is -0.361. The molecule has 0 aromatic heterocycles. The Morgan fingerprint density at radius 3 is 2.52 bits per heavy atom. The molecule has 7 heteroatoms. The summed E-state index contributed by atoms with van der Waals surface area (Å²) in [6, 6.07) is 11.8. The largest absolute Gasteiger partial charge is 0.497 e. The van der Waals surface area contributed by atoms with Gasteiger partial charge in [-0.2, -0.15) is 0 Å². The average Bonchev–Trinajstić information content (AvgIpc) is 2.64. The number of carbonyl (C=O) groups excluding carboxylic acids is 2. The molecule has 25 heavy (non-hydrogen) atoms. The molecule has 0 spiro atoms. The molecule has 0 saturated carbocycles. The second kappa shape index (κ2) is 8.94. The zero-order valence-corrected chi connectivity index (χ0v) is 14.7. The van der Waals surface area contributed by atoms with Crippen molar-refractivity contribution in [1.29, 1.82) is 0 Å². The number of benzene rings is 2. The number of carbonyl (C=O) groups is 2. The summed E-state index contributed by atoms with van der Waals surface area (Å²) >= 11 is 5.84. The SMILES string of the molecule is COc1ccc(CNC(=O)CNC(=O)c2cccc(Cl)c2)c(OC)c1. The minimum Gasteiger partial charge on any atom is -0.497 e. The normalized spacial score (nSPS) is 10.0. The molecule has 132 valence electrons. The van der Waals surface area contributed by atoms with E-state index < -0.39 is 0 Å². The van der Waals surface area contributed by atoms with Gasteiger partial charge in [-0.15, -0.1) is 0 Å². The Hall–Kier alpha value is -2.73. The number of methoxy groups -OCH3 is 2. The second-order valence-electron chi connectivity index (χ2n) is 5.15. The highest BCUT2D eigenvalue weighted by atomic mass is 35.5. The third-order valence-corrected chi connectivity index (χ3v) is 3.70. The lowest BCUT2D eigenvalue weighted by molar-refractivity contribution is -0.120. The number of amides is 2. The van der Waals surface area contributed by atoms with E-state index in [2.05, 4.69) is 10.6 Å². The Bertz CT molecular complexity index is 764. The van der Waals surface area contributed by atoms with Gasteiger partial charge in [0.05, 0.1) is 20.8 Å². The summed E-state index contributed by atoms with van der Waals surface area (Å²) < 4.78 is 10.4. The summed E-state index contributed by atoms with van der Waals surface area (Å²) in [5.74, 6) is 0.608. The van der Waals surface area contributed by atoms with Gasteiger partial charge in [-0.3, -0.25) is 9.59 Å². The van der Waals surface area contributed by atoms with E-state index >= 15 is 0 Å². The molecule has 0 radical (unpaired) electrons. The molecule has 0 heterocycles. The predicted molar refractivity (Wildman–Crippen MR) is 95.2 cm³/mol. The summed E-state index contributed by atoms with van der Waals surface area (Å²) in [7, 11) is 3.12. The van der Waals surface area contributed by atoms with Gasteiger partial charge in [0, 0.05) is 28.8 Å². The van der Waals surface area contributed by atoms with Crippen molar-refractivity contribution < 1.29 is 19.1 Å². The maximum Gasteiger partial charge on any atom is 0.251 e. The molecule has 0 bridgehead atoms. The fourth-order valence-electron chi connectivity index (χ4n) is 2.15. The highest BCUT2D eigenvalue weighted by molar-refractivity contribution is 6.30. The van der Waals surface area contributed by atoms with Crippen molar-refractivity contribution in [2.45, 2.75) is 6.54 Å². The van der Waals surface area contributed by atoms with Crippen LogP contribution in [0.4, 0.5) is 0 Å². The van der Waals surface area contributed by atoms with Gasteiger partial charge in [-0.1, -0.05) is 17.7 Å². The van der Waals surface area contributed by atoms with Crippen LogP contribution in [0.5, 0.6) is 11.5 Å². The van der Waals surface area contributed by atoms with Crippen molar-refractivity contribution >= 4 is 23.4 Å². The van der Waals surface area contributed by atoms with E-state index in [1.807, 2.05) is 6.07 Å². The maximum atomic E-state index is 12.0. The van der Waals surface area contributed by atoms with E-state index in [9.17, 15) is 9.59 Å². The standard InChI is InChI=1S/C18H19ClN2O4/c1-24-15-7-6-13(16(9-15)25-2)10-20-17(22)11-21-18(23)12-4-3-5-14(19)8-12/h3-9H,10-11H2,1-2H3,(H,20,22)(H,21,23). The van der Waals surface area contributed by atoms with E-state index in [0.29, 0.717) is 22.1 Å². The van der Waals surface area contributed by atoms with Gasteiger partial charge in [-0.25, -0.2) is 0 Å². The van der Waals surface area contributed by atoms with Gasteiger partial charge >= 0.3 is 0 Å². The quantitative estimate of drug-likeness (QED) is 0.793. The number of hydrogen-bond acceptors (Lipinski definition) is 4. The van der Waals surface area contributed by atoms with Crippen LogP contribution in [0.2, 0.25) is 5.02 Å². The fraction of sp³-hybridized carbons (Fsp3) is 0.222. The van der Waals surface area contributed by atoms with Crippen molar-refractivity contribution in [2.75, 3.05) is 20.8 Å². The predicted octanol–water partition coefficient (Wildman–Crippen LogP) is 2.40. The van der Waals surface area contributed by atoms with Gasteiger partial charge in [0.1, 0.15) is 11.5 Å². The molecule has 0 aliphatic carbocycles. The topological polar surface area (TPSA) is 76.7 Å². The van der Waals surface area contributed by atoms with Gasteiger partial charge in [0.25, 0.3) is 5.91 Å². The Kier molecular flexibility index (Phi) is 6.65. The highest BCUT2D eigenvalue weighted by Crippen LogP contribution is 2.24. The zero-order valence-electron chi connectivity index (χ0n) is 14.0. The van der Waals surface area contributed by atoms with Gasteiger partial charge < -0.3 is 20.1 Å². The molecule has 0 fully saturated rings. The lowest BCUT2D eigenvalue weighted by atomic mass is 10.2. The summed E-state index contributed by atoms with van der Waals surface area (Å²) in [4.78, 5) is 23.9. The first-order chi connectivity index (χ1) is 12.0. The minimum absolute atomic E-state index is 0.135. The molecule has 2 amide bonds. The second-order valence-corrected chi connectivity index (χ2v) is 5.58. The average molecular weight is 363 g/mol. The van der Waals surface area contributed by atoms with Crippen LogP contribution in [-0.2, 0) is 11.3 Å². The van der Waals surface area contributed by atoms with Crippen molar-refractivity contribution in [3.63, 3.8) is 0 Å². The molecule has 0 saturated heterocycles. The summed E-state index contributed by atoms with van der Waals surface area (Å²) in [5.41, 5.74) is 1.20. The van der Waals surface area contributed by atoms with Crippen LogP contribution in [0.15, 0.2) is 42.5 Å². The monoisotopic (exact) mass is 362 g/mol. The van der Waals surface area contributed by atoms with E-state index in [1.165, 1.54) is 6.07 Å². The summed E-state index contributed by atoms with van der Waals surface area (Å²) in [6.07, 6.45) is 0. The van der Waals surface area contributed by atoms with Crippen LogP contribution in [0.25, 0.3) is 0 Å². The smallest absolute Gasteiger partial charge is 0.251 e. The van der Waals surface area contributed by atoms with Gasteiger partial charge in [0.2, 0.25) is 5.91 Å². The molecule has 2 aromatic rings. The number of hydrogen-bond donors (Lipinski definition) is 2. The van der Waals surface area contributed by atoms with Crippen LogP contribution in [0.3, 0.4) is 0 Å². The van der Waals surface area contributed by atoms with Crippen LogP contribution >= 0.6 is 11.6 Å². The lowest BCUT2D eigenvalue weighted by Crippen LogP contribution is -2.36. The summed E-state index contributed by atoms with van der Waals surface area (Å²) in [5, 5.41) is 5.74. The molecule has 2 rings (SSSR count). The first-order valence-electron chi connectivity index (χ1n) is 7.55. The van der Waals surface area contributed by atoms with E-state index in [-0.39, 0.29) is 24.9 Å². The number of nitrogens with one attached hydrogen (secondary N) is 2. The van der Waals surface area contributed by atoms with E-state index in [1.54, 1.807) is 44.6 Å². The van der Waals surface area contributed by atoms with Gasteiger partial charge in [-0.05, 0) is 30.3 Å². The Morgan fingerprint density at radius 2 is 1.84 bits per heavy atom.